The second-order valence-electron chi connectivity index (χ2n) is 9.26. The SMILES string of the molecule is CN([C@@H]1c2ccc(F)c(F)c2Cn2c(=O)sc3cccc1c32)[C@@H]1COCCN1C(=O)c1[nH]ccc(=O)c1O. The number of aromatic nitrogens is 2. The predicted octanol–water partition coefficient (Wildman–Crippen LogP) is 2.62. The van der Waals surface area contributed by atoms with Crippen molar-refractivity contribution in [2.45, 2.75) is 18.8 Å². The molecule has 1 amide bonds. The van der Waals surface area contributed by atoms with Gasteiger partial charge in [-0.2, -0.15) is 0 Å². The van der Waals surface area contributed by atoms with Gasteiger partial charge >= 0.3 is 4.87 Å². The summed E-state index contributed by atoms with van der Waals surface area (Å²) in [6, 6.07) is 8.44. The summed E-state index contributed by atoms with van der Waals surface area (Å²) >= 11 is 1.03. The number of fused-ring (bicyclic) bond motifs is 1. The number of H-pyrrole nitrogens is 1. The zero-order valence-electron chi connectivity index (χ0n) is 20.1. The fourth-order valence-electron chi connectivity index (χ4n) is 5.42. The van der Waals surface area contributed by atoms with E-state index >= 15 is 4.39 Å². The minimum Gasteiger partial charge on any atom is -0.503 e. The van der Waals surface area contributed by atoms with E-state index in [-0.39, 0.29) is 42.4 Å². The third-order valence-electron chi connectivity index (χ3n) is 7.24. The number of morpholine rings is 1. The first-order valence-electron chi connectivity index (χ1n) is 11.9. The molecule has 1 saturated heterocycles. The smallest absolute Gasteiger partial charge is 0.308 e. The number of carbonyl (C=O) groups is 1. The third-order valence-corrected chi connectivity index (χ3v) is 8.19. The van der Waals surface area contributed by atoms with Crippen LogP contribution in [0.5, 0.6) is 5.75 Å². The molecule has 196 valence electrons. The number of hydrogen-bond donors (Lipinski definition) is 2. The van der Waals surface area contributed by atoms with E-state index in [0.29, 0.717) is 21.3 Å². The van der Waals surface area contributed by atoms with E-state index in [2.05, 4.69) is 4.98 Å². The van der Waals surface area contributed by atoms with Gasteiger partial charge in [-0.25, -0.2) is 8.78 Å². The number of thiazole rings is 1. The van der Waals surface area contributed by atoms with Crippen LogP contribution in [-0.2, 0) is 11.3 Å². The number of para-hydroxylation sites is 1. The number of aromatic amines is 1. The van der Waals surface area contributed by atoms with Crippen LogP contribution in [0.4, 0.5) is 8.78 Å². The van der Waals surface area contributed by atoms with Gasteiger partial charge in [0, 0.05) is 24.4 Å². The number of carbonyl (C=O) groups excluding carboxylic acids is 1. The Morgan fingerprint density at radius 3 is 2.82 bits per heavy atom. The van der Waals surface area contributed by atoms with Crippen molar-refractivity contribution in [2.24, 2.45) is 0 Å². The quantitative estimate of drug-likeness (QED) is 0.414. The largest absolute Gasteiger partial charge is 0.503 e. The van der Waals surface area contributed by atoms with Crippen LogP contribution in [0.15, 0.2) is 52.2 Å². The van der Waals surface area contributed by atoms with E-state index < -0.39 is 40.9 Å². The van der Waals surface area contributed by atoms with E-state index in [1.165, 1.54) is 21.7 Å². The van der Waals surface area contributed by atoms with Gasteiger partial charge in [-0.3, -0.25) is 23.9 Å². The maximum absolute atomic E-state index is 15.2. The Kier molecular flexibility index (Phi) is 5.89. The monoisotopic (exact) mass is 540 g/mol. The number of aromatic hydroxyl groups is 1. The van der Waals surface area contributed by atoms with Gasteiger partial charge in [0.05, 0.1) is 36.0 Å². The van der Waals surface area contributed by atoms with Gasteiger partial charge in [0.1, 0.15) is 6.17 Å². The first kappa shape index (κ1) is 24.5. The summed E-state index contributed by atoms with van der Waals surface area (Å²) in [4.78, 5) is 44.1. The molecule has 4 aromatic rings. The number of hydrogen-bond acceptors (Lipinski definition) is 7. The van der Waals surface area contributed by atoms with Crippen molar-refractivity contribution in [2.75, 3.05) is 26.8 Å². The Labute approximate surface area is 218 Å². The summed E-state index contributed by atoms with van der Waals surface area (Å²) in [5, 5.41) is 10.3. The van der Waals surface area contributed by atoms with E-state index in [1.807, 2.05) is 11.0 Å². The minimum atomic E-state index is -1.03. The number of benzene rings is 2. The minimum absolute atomic E-state index is 0.0551. The highest BCUT2D eigenvalue weighted by atomic mass is 32.1. The highest BCUT2D eigenvalue weighted by molar-refractivity contribution is 7.16. The van der Waals surface area contributed by atoms with Crippen LogP contribution in [0.3, 0.4) is 0 Å². The van der Waals surface area contributed by atoms with Crippen molar-refractivity contribution < 1.29 is 23.4 Å². The zero-order valence-corrected chi connectivity index (χ0v) is 20.9. The Bertz CT molecular complexity index is 1710. The van der Waals surface area contributed by atoms with Gasteiger partial charge in [-0.05, 0) is 30.3 Å². The summed E-state index contributed by atoms with van der Waals surface area (Å²) < 4.78 is 37.5. The Balaban J connectivity index is 1.52. The van der Waals surface area contributed by atoms with Crippen LogP contribution < -0.4 is 10.3 Å². The normalized spacial score (nSPS) is 19.0. The van der Waals surface area contributed by atoms with Crippen molar-refractivity contribution in [3.05, 3.63) is 96.5 Å². The predicted molar refractivity (Wildman–Crippen MR) is 136 cm³/mol. The number of halogens is 2. The van der Waals surface area contributed by atoms with Crippen LogP contribution in [0.2, 0.25) is 0 Å². The van der Waals surface area contributed by atoms with Crippen molar-refractivity contribution in [3.8, 4) is 5.75 Å². The lowest BCUT2D eigenvalue weighted by atomic mass is 9.93. The van der Waals surface area contributed by atoms with Crippen LogP contribution in [0, 0.1) is 11.6 Å². The molecule has 2 atom stereocenters. The van der Waals surface area contributed by atoms with Crippen molar-refractivity contribution in [1.29, 1.82) is 0 Å². The second kappa shape index (κ2) is 9.15. The lowest BCUT2D eigenvalue weighted by molar-refractivity contribution is -0.0619. The van der Waals surface area contributed by atoms with E-state index in [0.717, 1.165) is 23.5 Å². The standard InChI is InChI=1S/C26H22F2N4O5S/c1-30(19-12-37-10-9-31(19)25(35)21-24(34)17(33)7-8-29-21)22-13-5-6-16(27)20(28)15(13)11-32-23-14(22)3-2-4-18(23)38-26(32)36/h2-8,19,22,34H,9-12H2,1H3,(H,29,33)/t19-,22+/m0/s1. The van der Waals surface area contributed by atoms with Gasteiger partial charge in [0.15, 0.2) is 23.1 Å². The van der Waals surface area contributed by atoms with Gasteiger partial charge < -0.3 is 19.7 Å². The molecule has 0 saturated carbocycles. The van der Waals surface area contributed by atoms with Crippen molar-refractivity contribution >= 4 is 27.5 Å². The van der Waals surface area contributed by atoms with Crippen LogP contribution in [0.1, 0.15) is 33.2 Å². The van der Waals surface area contributed by atoms with E-state index in [9.17, 15) is 23.9 Å². The fraction of sp³-hybridized carbons (Fsp3) is 0.269. The molecule has 2 aliphatic heterocycles. The summed E-state index contributed by atoms with van der Waals surface area (Å²) in [5.41, 5.74) is 0.890. The molecule has 0 aliphatic carbocycles. The molecule has 2 N–H and O–H groups in total. The lowest BCUT2D eigenvalue weighted by Gasteiger charge is -2.44. The molecule has 0 radical (unpaired) electrons. The van der Waals surface area contributed by atoms with Crippen molar-refractivity contribution in [1.82, 2.24) is 19.4 Å². The zero-order chi connectivity index (χ0) is 26.7. The maximum Gasteiger partial charge on any atom is 0.308 e. The molecule has 6 rings (SSSR count). The second-order valence-corrected chi connectivity index (χ2v) is 10.3. The first-order valence-corrected chi connectivity index (χ1v) is 12.7. The molecule has 38 heavy (non-hydrogen) atoms. The fourth-order valence-corrected chi connectivity index (χ4v) is 6.34. The van der Waals surface area contributed by atoms with Gasteiger partial charge in [0.25, 0.3) is 5.91 Å². The topological polar surface area (TPSA) is 108 Å². The Morgan fingerprint density at radius 2 is 2.00 bits per heavy atom. The summed E-state index contributed by atoms with van der Waals surface area (Å²) in [5.74, 6) is -3.34. The summed E-state index contributed by atoms with van der Waals surface area (Å²) in [7, 11) is 1.74. The number of nitrogens with one attached hydrogen (secondary N) is 1. The third kappa shape index (κ3) is 3.67. The van der Waals surface area contributed by atoms with Gasteiger partial charge in [0.2, 0.25) is 5.43 Å². The molecule has 2 aromatic heterocycles. The molecular weight excluding hydrogens is 518 g/mol. The first-order chi connectivity index (χ1) is 18.3. The number of pyridine rings is 1. The van der Waals surface area contributed by atoms with Crippen LogP contribution in [-0.4, -0.2) is 63.3 Å². The number of likely N-dealkylation sites (N-methyl/N-ethyl adjacent to an activating group) is 1. The molecule has 12 heteroatoms. The van der Waals surface area contributed by atoms with Crippen LogP contribution in [0.25, 0.3) is 10.2 Å². The highest BCUT2D eigenvalue weighted by Crippen LogP contribution is 2.41. The number of amides is 1. The number of rotatable bonds is 3. The Morgan fingerprint density at radius 1 is 1.18 bits per heavy atom. The molecule has 2 aliphatic rings. The number of nitrogens with zero attached hydrogens (tertiary/aromatic N) is 3. The number of ether oxygens (including phenoxy) is 1. The average molecular weight is 541 g/mol. The van der Waals surface area contributed by atoms with E-state index in [1.54, 1.807) is 19.2 Å². The van der Waals surface area contributed by atoms with Crippen LogP contribution >= 0.6 is 11.3 Å². The Hall–Kier alpha value is -3.87. The maximum atomic E-state index is 15.2. The van der Waals surface area contributed by atoms with E-state index in [4.69, 9.17) is 4.74 Å². The van der Waals surface area contributed by atoms with Gasteiger partial charge in [-0.15, -0.1) is 0 Å². The molecule has 9 nitrogen and oxygen atoms in total. The molecule has 4 heterocycles. The highest BCUT2D eigenvalue weighted by Gasteiger charge is 2.39. The lowest BCUT2D eigenvalue weighted by Crippen LogP contribution is -2.57. The summed E-state index contributed by atoms with van der Waals surface area (Å²) in [6.07, 6.45) is 0.571. The summed E-state index contributed by atoms with van der Waals surface area (Å²) in [6.45, 7) is 0.341. The van der Waals surface area contributed by atoms with Crippen molar-refractivity contribution in [3.63, 3.8) is 0 Å². The molecule has 0 spiro atoms. The molecule has 2 aromatic carbocycles. The molecule has 0 bridgehead atoms. The molecular formula is C26H22F2N4O5S. The van der Waals surface area contributed by atoms with Gasteiger partial charge in [-0.1, -0.05) is 29.5 Å². The molecule has 0 unspecified atom stereocenters. The average Bonchev–Trinajstić information content (AvgIpc) is 3.14. The molecule has 1 fully saturated rings.